The van der Waals surface area contributed by atoms with Crippen molar-refractivity contribution in [2.24, 2.45) is 5.41 Å². The van der Waals surface area contributed by atoms with Crippen molar-refractivity contribution >= 4 is 10.9 Å². The summed E-state index contributed by atoms with van der Waals surface area (Å²) in [7, 11) is 0. The number of hydrogen-bond acceptors (Lipinski definition) is 4. The lowest BCUT2D eigenvalue weighted by atomic mass is 9.85. The summed E-state index contributed by atoms with van der Waals surface area (Å²) in [5.41, 5.74) is 2.37. The molecule has 0 bridgehead atoms. The second-order valence-electron chi connectivity index (χ2n) is 6.79. The van der Waals surface area contributed by atoms with E-state index in [9.17, 15) is 4.79 Å². The molecule has 4 heterocycles. The zero-order valence-corrected chi connectivity index (χ0v) is 13.5. The second-order valence-corrected chi connectivity index (χ2v) is 6.79. The summed E-state index contributed by atoms with van der Waals surface area (Å²) in [5.74, 6) is 6.99. The van der Waals surface area contributed by atoms with Crippen molar-refractivity contribution in [2.45, 2.75) is 13.0 Å². The molecule has 0 atom stereocenters. The molecule has 122 valence electrons. The molecule has 0 aliphatic carbocycles. The predicted molar refractivity (Wildman–Crippen MR) is 93.2 cm³/mol. The maximum Gasteiger partial charge on any atom is 0.261 e. The van der Waals surface area contributed by atoms with Crippen molar-refractivity contribution in [1.29, 1.82) is 0 Å². The maximum absolute atomic E-state index is 12.8. The van der Waals surface area contributed by atoms with Gasteiger partial charge in [-0.1, -0.05) is 12.0 Å². The SMILES string of the molecule is O=c1c2ccc(C#Cc3ccccn3)cc2nc2n1CC1(COC1)C2. The van der Waals surface area contributed by atoms with E-state index in [-0.39, 0.29) is 11.0 Å². The Morgan fingerprint density at radius 3 is 2.84 bits per heavy atom. The van der Waals surface area contributed by atoms with Crippen molar-refractivity contribution < 1.29 is 4.74 Å². The average Bonchev–Trinajstić information content (AvgIpc) is 3.01. The summed E-state index contributed by atoms with van der Waals surface area (Å²) in [6.45, 7) is 2.14. The molecule has 0 unspecified atom stereocenters. The third-order valence-corrected chi connectivity index (χ3v) is 4.88. The number of fused-ring (bicyclic) bond motifs is 2. The maximum atomic E-state index is 12.8. The number of aromatic nitrogens is 3. The summed E-state index contributed by atoms with van der Waals surface area (Å²) >= 11 is 0. The quantitative estimate of drug-likeness (QED) is 0.590. The van der Waals surface area contributed by atoms with Gasteiger partial charge in [0.2, 0.25) is 0 Å². The molecule has 1 fully saturated rings. The minimum atomic E-state index is 0.0352. The smallest absolute Gasteiger partial charge is 0.261 e. The van der Waals surface area contributed by atoms with Gasteiger partial charge in [-0.15, -0.1) is 0 Å². The van der Waals surface area contributed by atoms with E-state index >= 15 is 0 Å². The van der Waals surface area contributed by atoms with Gasteiger partial charge in [0, 0.05) is 30.1 Å². The van der Waals surface area contributed by atoms with Gasteiger partial charge >= 0.3 is 0 Å². The molecule has 1 spiro atoms. The first-order valence-corrected chi connectivity index (χ1v) is 8.27. The molecule has 25 heavy (non-hydrogen) atoms. The van der Waals surface area contributed by atoms with Crippen LogP contribution in [-0.4, -0.2) is 27.7 Å². The average molecular weight is 329 g/mol. The lowest BCUT2D eigenvalue weighted by molar-refractivity contribution is -0.111. The molecule has 1 saturated heterocycles. The van der Waals surface area contributed by atoms with E-state index in [4.69, 9.17) is 9.72 Å². The van der Waals surface area contributed by atoms with Crippen LogP contribution in [0.3, 0.4) is 0 Å². The van der Waals surface area contributed by atoms with Gasteiger partial charge in [0.15, 0.2) is 0 Å². The van der Waals surface area contributed by atoms with Crippen molar-refractivity contribution in [3.63, 3.8) is 0 Å². The van der Waals surface area contributed by atoms with Crippen LogP contribution >= 0.6 is 0 Å². The molecule has 0 N–H and O–H groups in total. The molecular weight excluding hydrogens is 314 g/mol. The van der Waals surface area contributed by atoms with Gasteiger partial charge in [0.1, 0.15) is 11.5 Å². The Labute approximate surface area is 144 Å². The van der Waals surface area contributed by atoms with E-state index in [1.54, 1.807) is 6.20 Å². The summed E-state index contributed by atoms with van der Waals surface area (Å²) in [6.07, 6.45) is 2.53. The first kappa shape index (κ1) is 14.4. The van der Waals surface area contributed by atoms with Crippen LogP contribution in [0.2, 0.25) is 0 Å². The molecule has 5 heteroatoms. The Kier molecular flexibility index (Phi) is 3.03. The summed E-state index contributed by atoms with van der Waals surface area (Å²) in [6, 6.07) is 11.2. The highest BCUT2D eigenvalue weighted by molar-refractivity contribution is 5.79. The number of pyridine rings is 1. The third-order valence-electron chi connectivity index (χ3n) is 4.88. The van der Waals surface area contributed by atoms with E-state index in [2.05, 4.69) is 16.8 Å². The molecule has 2 aliphatic heterocycles. The standard InChI is InChI=1S/C20H15N3O2/c24-19-16-7-5-14(4-6-15-3-1-2-8-21-15)9-17(16)22-18-10-20(11-23(18)19)12-25-13-20/h1-3,5,7-9H,10-13H2. The van der Waals surface area contributed by atoms with Gasteiger partial charge in [-0.3, -0.25) is 9.36 Å². The fourth-order valence-corrected chi connectivity index (χ4v) is 3.53. The molecular formula is C20H15N3O2. The fraction of sp³-hybridized carbons (Fsp3) is 0.250. The molecule has 0 amide bonds. The van der Waals surface area contributed by atoms with Crippen LogP contribution in [0.4, 0.5) is 0 Å². The van der Waals surface area contributed by atoms with E-state index < -0.39 is 0 Å². The lowest BCUT2D eigenvalue weighted by Gasteiger charge is -2.36. The molecule has 3 aromatic rings. The monoisotopic (exact) mass is 329 g/mol. The zero-order chi connectivity index (χ0) is 16.9. The molecule has 0 radical (unpaired) electrons. The third kappa shape index (κ3) is 2.34. The summed E-state index contributed by atoms with van der Waals surface area (Å²) < 4.78 is 7.16. The van der Waals surface area contributed by atoms with E-state index in [0.717, 1.165) is 23.5 Å². The van der Waals surface area contributed by atoms with Crippen LogP contribution in [0.5, 0.6) is 0 Å². The van der Waals surface area contributed by atoms with Gasteiger partial charge in [-0.25, -0.2) is 9.97 Å². The van der Waals surface area contributed by atoms with Crippen LogP contribution in [0.1, 0.15) is 17.1 Å². The zero-order valence-electron chi connectivity index (χ0n) is 13.5. The lowest BCUT2D eigenvalue weighted by Crippen LogP contribution is -2.44. The Hall–Kier alpha value is -2.97. The Balaban J connectivity index is 1.57. The number of benzene rings is 1. The number of hydrogen-bond donors (Lipinski definition) is 0. The number of ether oxygens (including phenoxy) is 1. The molecule has 0 saturated carbocycles. The van der Waals surface area contributed by atoms with Gasteiger partial charge in [0.25, 0.3) is 5.56 Å². The normalized spacial score (nSPS) is 17.0. The number of nitrogens with zero attached hydrogens (tertiary/aromatic N) is 3. The molecule has 1 aromatic carbocycles. The van der Waals surface area contributed by atoms with Crippen molar-refractivity contribution in [3.05, 3.63) is 70.0 Å². The summed E-state index contributed by atoms with van der Waals surface area (Å²) in [4.78, 5) is 21.7. The van der Waals surface area contributed by atoms with Crippen molar-refractivity contribution in [2.75, 3.05) is 13.2 Å². The van der Waals surface area contributed by atoms with Crippen molar-refractivity contribution in [3.8, 4) is 11.8 Å². The van der Waals surface area contributed by atoms with Crippen LogP contribution in [-0.2, 0) is 17.7 Å². The minimum Gasteiger partial charge on any atom is -0.380 e. The Morgan fingerprint density at radius 1 is 1.16 bits per heavy atom. The predicted octanol–water partition coefficient (Wildman–Crippen LogP) is 1.76. The first-order valence-electron chi connectivity index (χ1n) is 8.27. The largest absolute Gasteiger partial charge is 0.380 e. The molecule has 2 aliphatic rings. The summed E-state index contributed by atoms with van der Waals surface area (Å²) in [5, 5.41) is 0.643. The number of rotatable bonds is 0. The molecule has 5 nitrogen and oxygen atoms in total. The first-order chi connectivity index (χ1) is 12.2. The fourth-order valence-electron chi connectivity index (χ4n) is 3.53. The van der Waals surface area contributed by atoms with E-state index in [0.29, 0.717) is 30.7 Å². The van der Waals surface area contributed by atoms with Crippen LogP contribution in [0.15, 0.2) is 47.4 Å². The topological polar surface area (TPSA) is 57.0 Å². The Bertz CT molecular complexity index is 1100. The van der Waals surface area contributed by atoms with Crippen LogP contribution in [0, 0.1) is 17.3 Å². The highest BCUT2D eigenvalue weighted by Crippen LogP contribution is 2.37. The molecule has 5 rings (SSSR count). The van der Waals surface area contributed by atoms with Crippen LogP contribution in [0.25, 0.3) is 10.9 Å². The van der Waals surface area contributed by atoms with Gasteiger partial charge < -0.3 is 4.74 Å². The van der Waals surface area contributed by atoms with Crippen molar-refractivity contribution in [1.82, 2.24) is 14.5 Å². The molecule has 2 aromatic heterocycles. The van der Waals surface area contributed by atoms with Gasteiger partial charge in [0.05, 0.1) is 24.1 Å². The minimum absolute atomic E-state index is 0.0352. The van der Waals surface area contributed by atoms with Gasteiger partial charge in [-0.05, 0) is 36.3 Å². The highest BCUT2D eigenvalue weighted by Gasteiger charge is 2.45. The second kappa shape index (κ2) is 5.27. The highest BCUT2D eigenvalue weighted by atomic mass is 16.5. The van der Waals surface area contributed by atoms with Crippen LogP contribution < -0.4 is 5.56 Å². The van der Waals surface area contributed by atoms with Gasteiger partial charge in [-0.2, -0.15) is 0 Å². The Morgan fingerprint density at radius 2 is 2.08 bits per heavy atom. The van der Waals surface area contributed by atoms with E-state index in [1.807, 2.05) is 41.0 Å². The van der Waals surface area contributed by atoms with E-state index in [1.165, 1.54) is 0 Å².